The lowest BCUT2D eigenvalue weighted by atomic mass is 9.98. The van der Waals surface area contributed by atoms with Gasteiger partial charge in [-0.15, -0.1) is 0 Å². The van der Waals surface area contributed by atoms with Crippen molar-refractivity contribution >= 4 is 11.6 Å². The molecular weight excluding hydrogens is 440 g/mol. The first-order valence-corrected chi connectivity index (χ1v) is 11.2. The third-order valence-electron chi connectivity index (χ3n) is 5.88. The number of anilines is 1. The molecule has 0 bridgehead atoms. The summed E-state index contributed by atoms with van der Waals surface area (Å²) in [7, 11) is 0. The van der Waals surface area contributed by atoms with Crippen LogP contribution in [0.3, 0.4) is 0 Å². The predicted molar refractivity (Wildman–Crippen MR) is 125 cm³/mol. The fourth-order valence-electron chi connectivity index (χ4n) is 3.93. The minimum Gasteiger partial charge on any atom is -0.387 e. The molecule has 34 heavy (non-hydrogen) atoms. The second-order valence-corrected chi connectivity index (χ2v) is 8.41. The van der Waals surface area contributed by atoms with Gasteiger partial charge in [0.25, 0.3) is 5.92 Å². The number of benzene rings is 2. The fourth-order valence-corrected chi connectivity index (χ4v) is 3.93. The SMILES string of the molecule is CC(O)C(F)(F)c1ccc(CC(=O)Cc2ccc(-c3nccnc3N3CCOCC3)cc2)cc1. The molecule has 1 saturated heterocycles. The number of aliphatic hydroxyl groups is 1. The maximum atomic E-state index is 13.9. The summed E-state index contributed by atoms with van der Waals surface area (Å²) >= 11 is 0. The number of carbonyl (C=O) groups is 1. The van der Waals surface area contributed by atoms with Crippen molar-refractivity contribution in [3.05, 3.63) is 77.6 Å². The molecule has 1 aliphatic rings. The van der Waals surface area contributed by atoms with Crippen molar-refractivity contribution in [2.45, 2.75) is 31.8 Å². The van der Waals surface area contributed by atoms with E-state index in [1.807, 2.05) is 24.3 Å². The molecule has 0 radical (unpaired) electrons. The maximum absolute atomic E-state index is 13.9. The molecule has 0 aliphatic carbocycles. The number of ketones is 1. The number of morpholine rings is 1. The number of aromatic nitrogens is 2. The lowest BCUT2D eigenvalue weighted by Crippen LogP contribution is -2.37. The lowest BCUT2D eigenvalue weighted by Gasteiger charge is -2.28. The van der Waals surface area contributed by atoms with Crippen LogP contribution in [-0.2, 0) is 28.3 Å². The Balaban J connectivity index is 1.40. The van der Waals surface area contributed by atoms with Gasteiger partial charge in [0.15, 0.2) is 5.82 Å². The molecule has 2 heterocycles. The summed E-state index contributed by atoms with van der Waals surface area (Å²) in [6.07, 6.45) is 1.95. The number of hydrogen-bond donors (Lipinski definition) is 1. The Bertz CT molecular complexity index is 1110. The second-order valence-electron chi connectivity index (χ2n) is 8.41. The minimum atomic E-state index is -3.32. The Morgan fingerprint density at radius 3 is 2.15 bits per heavy atom. The highest BCUT2D eigenvalue weighted by Gasteiger charge is 2.37. The van der Waals surface area contributed by atoms with E-state index in [1.54, 1.807) is 12.4 Å². The molecule has 2 aromatic carbocycles. The van der Waals surface area contributed by atoms with Gasteiger partial charge in [0.05, 0.1) is 13.2 Å². The van der Waals surface area contributed by atoms with Crippen LogP contribution in [0.4, 0.5) is 14.6 Å². The summed E-state index contributed by atoms with van der Waals surface area (Å²) in [5.74, 6) is -2.52. The molecule has 1 atom stereocenters. The smallest absolute Gasteiger partial charge is 0.298 e. The van der Waals surface area contributed by atoms with Gasteiger partial charge in [-0.05, 0) is 18.1 Å². The quantitative estimate of drug-likeness (QED) is 0.543. The number of carbonyl (C=O) groups excluding carboxylic acids is 1. The molecule has 6 nitrogen and oxygen atoms in total. The number of Topliss-reactive ketones (excluding diaryl/α,β-unsaturated/α-hetero) is 1. The highest BCUT2D eigenvalue weighted by Crippen LogP contribution is 2.32. The van der Waals surface area contributed by atoms with Gasteiger partial charge >= 0.3 is 0 Å². The zero-order valence-electron chi connectivity index (χ0n) is 19.0. The molecular formula is C26H27F2N3O3. The lowest BCUT2D eigenvalue weighted by molar-refractivity contribution is -0.117. The van der Waals surface area contributed by atoms with E-state index < -0.39 is 12.0 Å². The van der Waals surface area contributed by atoms with E-state index >= 15 is 0 Å². The van der Waals surface area contributed by atoms with Crippen LogP contribution in [0.2, 0.25) is 0 Å². The monoisotopic (exact) mass is 467 g/mol. The van der Waals surface area contributed by atoms with E-state index in [0.29, 0.717) is 18.8 Å². The summed E-state index contributed by atoms with van der Waals surface area (Å²) in [5.41, 5.74) is 2.95. The average molecular weight is 468 g/mol. The normalized spacial score (nSPS) is 15.2. The number of aliphatic hydroxyl groups excluding tert-OH is 1. The molecule has 1 aromatic heterocycles. The van der Waals surface area contributed by atoms with E-state index in [9.17, 15) is 18.7 Å². The number of ether oxygens (including phenoxy) is 1. The van der Waals surface area contributed by atoms with Crippen LogP contribution < -0.4 is 4.90 Å². The van der Waals surface area contributed by atoms with Gasteiger partial charge in [0, 0.05) is 49.5 Å². The summed E-state index contributed by atoms with van der Waals surface area (Å²) in [6.45, 7) is 3.88. The highest BCUT2D eigenvalue weighted by atomic mass is 19.3. The molecule has 178 valence electrons. The van der Waals surface area contributed by atoms with Crippen LogP contribution in [0.1, 0.15) is 23.6 Å². The molecule has 3 aromatic rings. The van der Waals surface area contributed by atoms with E-state index in [1.165, 1.54) is 24.3 Å². The van der Waals surface area contributed by atoms with Gasteiger partial charge in [-0.2, -0.15) is 8.78 Å². The van der Waals surface area contributed by atoms with Crippen LogP contribution in [0.25, 0.3) is 11.3 Å². The first-order valence-electron chi connectivity index (χ1n) is 11.2. The Morgan fingerprint density at radius 2 is 1.56 bits per heavy atom. The first kappa shape index (κ1) is 23.9. The van der Waals surface area contributed by atoms with Gasteiger partial charge in [-0.1, -0.05) is 48.5 Å². The van der Waals surface area contributed by atoms with Gasteiger partial charge in [-0.25, -0.2) is 4.98 Å². The molecule has 1 N–H and O–H groups in total. The summed E-state index contributed by atoms with van der Waals surface area (Å²) in [4.78, 5) is 23.8. The van der Waals surface area contributed by atoms with E-state index in [0.717, 1.165) is 42.7 Å². The number of nitrogens with zero attached hydrogens (tertiary/aromatic N) is 3. The number of rotatable bonds is 8. The minimum absolute atomic E-state index is 0.0173. The summed E-state index contributed by atoms with van der Waals surface area (Å²) in [6, 6.07) is 13.2. The average Bonchev–Trinajstić information content (AvgIpc) is 2.85. The van der Waals surface area contributed by atoms with Crippen LogP contribution in [0.5, 0.6) is 0 Å². The van der Waals surface area contributed by atoms with Crippen LogP contribution in [-0.4, -0.2) is 53.3 Å². The highest BCUT2D eigenvalue weighted by molar-refractivity contribution is 5.83. The van der Waals surface area contributed by atoms with Crippen molar-refractivity contribution in [3.8, 4) is 11.3 Å². The van der Waals surface area contributed by atoms with Gasteiger partial charge < -0.3 is 14.7 Å². The van der Waals surface area contributed by atoms with Crippen molar-refractivity contribution in [2.24, 2.45) is 0 Å². The number of halogens is 2. The maximum Gasteiger partial charge on any atom is 0.298 e. The van der Waals surface area contributed by atoms with E-state index in [-0.39, 0.29) is 24.2 Å². The van der Waals surface area contributed by atoms with Crippen molar-refractivity contribution < 1.29 is 23.4 Å². The number of alkyl halides is 2. The molecule has 0 saturated carbocycles. The third kappa shape index (κ3) is 5.46. The zero-order chi connectivity index (χ0) is 24.1. The topological polar surface area (TPSA) is 75.5 Å². The van der Waals surface area contributed by atoms with Crippen molar-refractivity contribution in [1.82, 2.24) is 9.97 Å². The van der Waals surface area contributed by atoms with Gasteiger partial charge in [0.2, 0.25) is 0 Å². The van der Waals surface area contributed by atoms with Crippen LogP contribution >= 0.6 is 0 Å². The molecule has 1 unspecified atom stereocenters. The van der Waals surface area contributed by atoms with Crippen LogP contribution in [0.15, 0.2) is 60.9 Å². The van der Waals surface area contributed by atoms with Crippen molar-refractivity contribution in [2.75, 3.05) is 31.2 Å². The molecule has 0 spiro atoms. The Hall–Kier alpha value is -3.23. The molecule has 8 heteroatoms. The molecule has 4 rings (SSSR count). The fraction of sp³-hybridized carbons (Fsp3) is 0.346. The van der Waals surface area contributed by atoms with Gasteiger partial charge in [-0.3, -0.25) is 9.78 Å². The Labute approximate surface area is 197 Å². The van der Waals surface area contributed by atoms with Crippen molar-refractivity contribution in [3.63, 3.8) is 0 Å². The van der Waals surface area contributed by atoms with Crippen molar-refractivity contribution in [1.29, 1.82) is 0 Å². The van der Waals surface area contributed by atoms with E-state index in [4.69, 9.17) is 4.74 Å². The first-order chi connectivity index (χ1) is 16.3. The summed E-state index contributed by atoms with van der Waals surface area (Å²) < 4.78 is 33.3. The summed E-state index contributed by atoms with van der Waals surface area (Å²) in [5, 5.41) is 9.27. The standard InChI is InChI=1S/C26H27F2N3O3/c1-18(32)26(27,28)22-8-4-20(5-9-22)17-23(33)16-19-2-6-21(7-3-19)24-25(30-11-10-29-24)31-12-14-34-15-13-31/h2-11,18,32H,12-17H2,1H3. The Morgan fingerprint density at radius 1 is 1.00 bits per heavy atom. The Kier molecular flexibility index (Phi) is 7.29. The zero-order valence-corrected chi connectivity index (χ0v) is 19.0. The largest absolute Gasteiger partial charge is 0.387 e. The molecule has 1 fully saturated rings. The van der Waals surface area contributed by atoms with E-state index in [2.05, 4.69) is 14.9 Å². The molecule has 1 aliphatic heterocycles. The van der Waals surface area contributed by atoms with Crippen LogP contribution in [0, 0.1) is 0 Å². The van der Waals surface area contributed by atoms with Gasteiger partial charge in [0.1, 0.15) is 17.6 Å². The molecule has 0 amide bonds. The number of hydrogen-bond acceptors (Lipinski definition) is 6. The predicted octanol–water partition coefficient (Wildman–Crippen LogP) is 3.81. The second kappa shape index (κ2) is 10.4. The third-order valence-corrected chi connectivity index (χ3v) is 5.88.